The normalized spacial score (nSPS) is 10.8. The van der Waals surface area contributed by atoms with Gasteiger partial charge in [0.05, 0.1) is 15.2 Å². The Labute approximate surface area is 138 Å². The Hall–Kier alpha value is -2.27. The summed E-state index contributed by atoms with van der Waals surface area (Å²) in [7, 11) is 0. The van der Waals surface area contributed by atoms with E-state index in [1.54, 1.807) is 23.5 Å². The molecule has 1 aromatic heterocycles. The molecule has 0 saturated heterocycles. The molecule has 3 rings (SSSR count). The maximum absolute atomic E-state index is 12.8. The van der Waals surface area contributed by atoms with Crippen LogP contribution < -0.4 is 5.32 Å². The van der Waals surface area contributed by atoms with Gasteiger partial charge in [0.15, 0.2) is 0 Å². The predicted octanol–water partition coefficient (Wildman–Crippen LogP) is 3.73. The van der Waals surface area contributed by atoms with Gasteiger partial charge >= 0.3 is 0 Å². The van der Waals surface area contributed by atoms with Crippen LogP contribution in [-0.2, 0) is 17.6 Å². The van der Waals surface area contributed by atoms with Crippen molar-refractivity contribution in [3.05, 3.63) is 64.9 Å². The molecule has 3 nitrogen and oxygen atoms in total. The van der Waals surface area contributed by atoms with Crippen LogP contribution >= 0.6 is 11.3 Å². The van der Waals surface area contributed by atoms with Crippen LogP contribution in [0.2, 0.25) is 0 Å². The molecule has 1 N–H and O–H groups in total. The SMILES string of the molecule is O=C(CCc1nc2ccccc2s1)NCCc1ccc(F)cc1. The number of thiazole rings is 1. The molecule has 0 unspecified atom stereocenters. The minimum atomic E-state index is -0.242. The average Bonchev–Trinajstić information content (AvgIpc) is 2.98. The Morgan fingerprint density at radius 2 is 1.87 bits per heavy atom. The van der Waals surface area contributed by atoms with Crippen LogP contribution in [-0.4, -0.2) is 17.4 Å². The molecule has 0 aliphatic carbocycles. The van der Waals surface area contributed by atoms with Crippen molar-refractivity contribution in [3.63, 3.8) is 0 Å². The van der Waals surface area contributed by atoms with Gasteiger partial charge in [0.2, 0.25) is 5.91 Å². The van der Waals surface area contributed by atoms with E-state index in [1.165, 1.54) is 12.1 Å². The Kier molecular flexibility index (Phi) is 4.98. The standard InChI is InChI=1S/C18H17FN2OS/c19-14-7-5-13(6-8-14)11-12-20-17(22)9-10-18-21-15-3-1-2-4-16(15)23-18/h1-8H,9-12H2,(H,20,22). The third kappa shape index (κ3) is 4.36. The number of para-hydroxylation sites is 1. The lowest BCUT2D eigenvalue weighted by Gasteiger charge is -2.04. The molecule has 0 spiro atoms. The number of nitrogens with one attached hydrogen (secondary N) is 1. The van der Waals surface area contributed by atoms with Gasteiger partial charge in [-0.3, -0.25) is 4.79 Å². The van der Waals surface area contributed by atoms with Gasteiger partial charge in [-0.1, -0.05) is 24.3 Å². The van der Waals surface area contributed by atoms with E-state index in [0.29, 0.717) is 25.8 Å². The second-order valence-electron chi connectivity index (χ2n) is 5.30. The third-order valence-electron chi connectivity index (χ3n) is 3.55. The molecule has 0 aliphatic heterocycles. The number of aromatic nitrogens is 1. The number of hydrogen-bond donors (Lipinski definition) is 1. The summed E-state index contributed by atoms with van der Waals surface area (Å²) in [6.07, 6.45) is 1.79. The van der Waals surface area contributed by atoms with Crippen molar-refractivity contribution in [1.29, 1.82) is 0 Å². The maximum atomic E-state index is 12.8. The fourth-order valence-electron chi connectivity index (χ4n) is 2.33. The summed E-state index contributed by atoms with van der Waals surface area (Å²) in [5, 5.41) is 3.88. The van der Waals surface area contributed by atoms with Gasteiger partial charge < -0.3 is 5.32 Å². The predicted molar refractivity (Wildman–Crippen MR) is 91.1 cm³/mol. The molecule has 1 heterocycles. The van der Waals surface area contributed by atoms with Crippen LogP contribution in [0.15, 0.2) is 48.5 Å². The first-order valence-electron chi connectivity index (χ1n) is 7.56. The molecule has 0 radical (unpaired) electrons. The number of fused-ring (bicyclic) bond motifs is 1. The van der Waals surface area contributed by atoms with Crippen LogP contribution in [0.25, 0.3) is 10.2 Å². The van der Waals surface area contributed by atoms with E-state index >= 15 is 0 Å². The number of halogens is 1. The van der Waals surface area contributed by atoms with Gasteiger partial charge in [-0.05, 0) is 36.2 Å². The van der Waals surface area contributed by atoms with Crippen molar-refractivity contribution >= 4 is 27.5 Å². The molecule has 118 valence electrons. The van der Waals surface area contributed by atoms with Crippen LogP contribution in [0.5, 0.6) is 0 Å². The fraction of sp³-hybridized carbons (Fsp3) is 0.222. The number of carbonyl (C=O) groups is 1. The molecule has 0 atom stereocenters. The number of carbonyl (C=O) groups excluding carboxylic acids is 1. The summed E-state index contributed by atoms with van der Waals surface area (Å²) in [5.74, 6) is -0.222. The van der Waals surface area contributed by atoms with E-state index in [9.17, 15) is 9.18 Å². The summed E-state index contributed by atoms with van der Waals surface area (Å²) in [4.78, 5) is 16.4. The zero-order chi connectivity index (χ0) is 16.1. The Balaban J connectivity index is 1.43. The highest BCUT2D eigenvalue weighted by atomic mass is 32.1. The summed E-state index contributed by atoms with van der Waals surface area (Å²) in [6, 6.07) is 14.3. The van der Waals surface area contributed by atoms with Gasteiger partial charge in [0.1, 0.15) is 5.82 Å². The van der Waals surface area contributed by atoms with Crippen LogP contribution in [0.3, 0.4) is 0 Å². The smallest absolute Gasteiger partial charge is 0.220 e. The first kappa shape index (κ1) is 15.6. The monoisotopic (exact) mass is 328 g/mol. The van der Waals surface area contributed by atoms with E-state index < -0.39 is 0 Å². The minimum Gasteiger partial charge on any atom is -0.356 e. The molecule has 5 heteroatoms. The molecule has 0 aliphatic rings. The Morgan fingerprint density at radius 1 is 1.09 bits per heavy atom. The van der Waals surface area contributed by atoms with Crippen molar-refractivity contribution in [2.45, 2.75) is 19.3 Å². The number of aryl methyl sites for hydroxylation is 1. The highest BCUT2D eigenvalue weighted by molar-refractivity contribution is 7.18. The molecule has 0 fully saturated rings. The van der Waals surface area contributed by atoms with Crippen molar-refractivity contribution in [1.82, 2.24) is 10.3 Å². The van der Waals surface area contributed by atoms with E-state index in [1.807, 2.05) is 24.3 Å². The lowest BCUT2D eigenvalue weighted by Crippen LogP contribution is -2.25. The highest BCUT2D eigenvalue weighted by Gasteiger charge is 2.06. The Bertz CT molecular complexity index is 765. The molecule has 2 aromatic carbocycles. The quantitative estimate of drug-likeness (QED) is 0.749. The molecule has 1 amide bonds. The lowest BCUT2D eigenvalue weighted by molar-refractivity contribution is -0.121. The van der Waals surface area contributed by atoms with Gasteiger partial charge in [-0.2, -0.15) is 0 Å². The number of rotatable bonds is 6. The van der Waals surface area contributed by atoms with Gasteiger partial charge in [0, 0.05) is 19.4 Å². The molecule has 3 aromatic rings. The number of amides is 1. The first-order valence-corrected chi connectivity index (χ1v) is 8.38. The first-order chi connectivity index (χ1) is 11.2. The maximum Gasteiger partial charge on any atom is 0.220 e. The van der Waals surface area contributed by atoms with Gasteiger partial charge in [0.25, 0.3) is 0 Å². The van der Waals surface area contributed by atoms with Crippen LogP contribution in [0.1, 0.15) is 17.0 Å². The zero-order valence-corrected chi connectivity index (χ0v) is 13.4. The Morgan fingerprint density at radius 3 is 2.65 bits per heavy atom. The average molecular weight is 328 g/mol. The van der Waals surface area contributed by atoms with Crippen LogP contribution in [0.4, 0.5) is 4.39 Å². The lowest BCUT2D eigenvalue weighted by atomic mass is 10.1. The zero-order valence-electron chi connectivity index (χ0n) is 12.6. The molecular weight excluding hydrogens is 311 g/mol. The largest absolute Gasteiger partial charge is 0.356 e. The second-order valence-corrected chi connectivity index (χ2v) is 6.42. The molecule has 0 saturated carbocycles. The molecule has 23 heavy (non-hydrogen) atoms. The topological polar surface area (TPSA) is 42.0 Å². The highest BCUT2D eigenvalue weighted by Crippen LogP contribution is 2.22. The minimum absolute atomic E-state index is 0.0198. The summed E-state index contributed by atoms with van der Waals surface area (Å²) in [6.45, 7) is 0.560. The van der Waals surface area contributed by atoms with Crippen molar-refractivity contribution in [2.24, 2.45) is 0 Å². The fourth-order valence-corrected chi connectivity index (χ4v) is 3.30. The van der Waals surface area contributed by atoms with E-state index in [-0.39, 0.29) is 11.7 Å². The van der Waals surface area contributed by atoms with Gasteiger partial charge in [-0.25, -0.2) is 9.37 Å². The molecule has 0 bridgehead atoms. The summed E-state index contributed by atoms with van der Waals surface area (Å²) >= 11 is 1.63. The van der Waals surface area contributed by atoms with Crippen molar-refractivity contribution < 1.29 is 9.18 Å². The van der Waals surface area contributed by atoms with Gasteiger partial charge in [-0.15, -0.1) is 11.3 Å². The van der Waals surface area contributed by atoms with Crippen molar-refractivity contribution in [2.75, 3.05) is 6.54 Å². The van der Waals surface area contributed by atoms with E-state index in [2.05, 4.69) is 10.3 Å². The van der Waals surface area contributed by atoms with E-state index in [0.717, 1.165) is 20.8 Å². The second kappa shape index (κ2) is 7.33. The van der Waals surface area contributed by atoms with Crippen LogP contribution in [0, 0.1) is 5.82 Å². The number of benzene rings is 2. The summed E-state index contributed by atoms with van der Waals surface area (Å²) in [5.41, 5.74) is 2.00. The molecular formula is C18H17FN2OS. The number of nitrogens with zero attached hydrogens (tertiary/aromatic N) is 1. The number of hydrogen-bond acceptors (Lipinski definition) is 3. The van der Waals surface area contributed by atoms with E-state index in [4.69, 9.17) is 0 Å². The summed E-state index contributed by atoms with van der Waals surface area (Å²) < 4.78 is 14.0. The van der Waals surface area contributed by atoms with Crippen molar-refractivity contribution in [3.8, 4) is 0 Å². The third-order valence-corrected chi connectivity index (χ3v) is 4.65.